The number of rotatable bonds is 12. The van der Waals surface area contributed by atoms with E-state index < -0.39 is 80.8 Å². The molecule has 356 valence electrons. The van der Waals surface area contributed by atoms with E-state index in [0.717, 1.165) is 0 Å². The number of nitrogens with one attached hydrogen (secondary N) is 1. The summed E-state index contributed by atoms with van der Waals surface area (Å²) in [7, 11) is -12.3. The van der Waals surface area contributed by atoms with Crippen LogP contribution in [0.15, 0.2) is 0 Å². The fourth-order valence-electron chi connectivity index (χ4n) is 6.19. The molecule has 4 fully saturated rings. The van der Waals surface area contributed by atoms with Crippen LogP contribution in [0.3, 0.4) is 0 Å². The first-order valence-corrected chi connectivity index (χ1v) is 22.0. The second-order valence-corrected chi connectivity index (χ2v) is 17.9. The molecule has 0 amide bonds. The number of carbonyl (C=O) groups is 2. The molecule has 13 unspecified atom stereocenters. The summed E-state index contributed by atoms with van der Waals surface area (Å²) in [4.78, 5) is 21.0. The van der Waals surface area contributed by atoms with E-state index in [-0.39, 0.29) is 47.0 Å². The summed E-state index contributed by atoms with van der Waals surface area (Å²) in [5.41, 5.74) is 0. The van der Waals surface area contributed by atoms with Gasteiger partial charge in [-0.3, -0.25) is 12.5 Å². The smallest absolute Gasteiger partial charge is 0.217 e. The van der Waals surface area contributed by atoms with Crippen LogP contribution in [0.25, 0.3) is 0 Å². The van der Waals surface area contributed by atoms with E-state index in [2.05, 4.69) is 38.6 Å². The van der Waals surface area contributed by atoms with Crippen LogP contribution in [-0.4, -0.2) is 151 Å². The van der Waals surface area contributed by atoms with E-state index >= 15 is 0 Å². The van der Waals surface area contributed by atoms with E-state index in [1.165, 1.54) is 0 Å². The molecule has 7 N–H and O–H groups in total. The third-order valence-corrected chi connectivity index (χ3v) is 11.6. The van der Waals surface area contributed by atoms with E-state index in [1.807, 2.05) is 27.8 Å². The Bertz CT molecular complexity index is 1530. The van der Waals surface area contributed by atoms with E-state index in [0.29, 0.717) is 68.7 Å². The molecule has 59 heavy (non-hydrogen) atoms. The van der Waals surface area contributed by atoms with Crippen molar-refractivity contribution in [2.45, 2.75) is 104 Å². The fraction of sp³-hybridized carbons (Fsp3) is 0.938. The zero-order chi connectivity index (χ0) is 43.2. The molecule has 13 atom stereocenters. The van der Waals surface area contributed by atoms with Crippen LogP contribution in [0.1, 0.15) is 67.7 Å². The summed E-state index contributed by atoms with van der Waals surface area (Å²) >= 11 is 0. The molecule has 27 heteroatoms. The van der Waals surface area contributed by atoms with Gasteiger partial charge in [0.05, 0.1) is 82.1 Å². The van der Waals surface area contributed by atoms with Gasteiger partial charge in [-0.1, -0.05) is 48.5 Å². The molecule has 0 aromatic carbocycles. The molecule has 0 saturated carbocycles. The fourth-order valence-corrected chi connectivity index (χ4v) is 7.13. The molecule has 4 saturated heterocycles. The molecule has 4 aliphatic rings. The quantitative estimate of drug-likeness (QED) is 0.143. The van der Waals surface area contributed by atoms with Crippen molar-refractivity contribution < 1.29 is 107 Å². The average Bonchev–Trinajstić information content (AvgIpc) is 3.44. The van der Waals surface area contributed by atoms with E-state index in [9.17, 15) is 58.7 Å². The average molecular weight is 925 g/mol. The molecular formula is C32H62NO23S3-5. The van der Waals surface area contributed by atoms with Crippen molar-refractivity contribution >= 4 is 43.1 Å². The minimum absolute atomic E-state index is 0. The molecule has 4 aliphatic heterocycles. The highest BCUT2D eigenvalue weighted by atomic mass is 32.3. The predicted octanol–water partition coefficient (Wildman–Crippen LogP) is -4.42. The first kappa shape index (κ1) is 61.5. The first-order valence-electron chi connectivity index (χ1n) is 18.0. The Labute approximate surface area is 346 Å². The maximum absolute atomic E-state index is 10.6. The van der Waals surface area contributed by atoms with Crippen LogP contribution in [0.5, 0.6) is 0 Å². The number of aliphatic carboxylic acids is 2. The predicted molar refractivity (Wildman–Crippen MR) is 197 cm³/mol. The molecule has 0 bridgehead atoms. The number of likely N-dealkylation sites (N-methyl/N-ethyl adjacent to an activating group) is 1. The Kier molecular flexibility index (Phi) is 29.2. The number of carboxylic acids is 2. The lowest BCUT2D eigenvalue weighted by Crippen LogP contribution is -2.48. The maximum atomic E-state index is 10.6. The van der Waals surface area contributed by atoms with Crippen molar-refractivity contribution in [1.82, 2.24) is 5.32 Å². The lowest BCUT2D eigenvalue weighted by atomic mass is 9.80. The third-order valence-electron chi connectivity index (χ3n) is 10.4. The highest BCUT2D eigenvalue weighted by molar-refractivity contribution is 7.81. The van der Waals surface area contributed by atoms with Crippen LogP contribution < -0.4 is 15.5 Å². The van der Waals surface area contributed by atoms with Crippen molar-refractivity contribution in [1.29, 1.82) is 0 Å². The van der Waals surface area contributed by atoms with Crippen molar-refractivity contribution in [2.75, 3.05) is 46.7 Å². The largest absolute Gasteiger partial charge is 0.726 e. The summed E-state index contributed by atoms with van der Waals surface area (Å²) in [6.45, 7) is 14.4. The molecular weight excluding hydrogens is 863 g/mol. The van der Waals surface area contributed by atoms with Crippen LogP contribution in [0.2, 0.25) is 0 Å². The Balaban J connectivity index is -0.000000708. The van der Waals surface area contributed by atoms with Crippen molar-refractivity contribution in [2.24, 2.45) is 41.4 Å². The monoisotopic (exact) mass is 924 g/mol. The molecule has 4 rings (SSSR count). The molecule has 4 heterocycles. The van der Waals surface area contributed by atoms with Gasteiger partial charge in [-0.2, -0.15) is 0 Å². The lowest BCUT2D eigenvalue weighted by molar-refractivity contribution is -0.323. The van der Waals surface area contributed by atoms with Gasteiger partial charge in [-0.15, -0.1) is 0 Å². The van der Waals surface area contributed by atoms with Crippen LogP contribution in [0, 0.1) is 41.4 Å². The summed E-state index contributed by atoms with van der Waals surface area (Å²) in [6.07, 6.45) is -1.40. The molecule has 0 aromatic rings. The Morgan fingerprint density at radius 2 is 1.05 bits per heavy atom. The number of ether oxygens (including phenoxy) is 4. The van der Waals surface area contributed by atoms with Crippen LogP contribution >= 0.6 is 0 Å². The minimum Gasteiger partial charge on any atom is -0.726 e. The van der Waals surface area contributed by atoms with E-state index in [1.54, 1.807) is 6.92 Å². The normalized spacial score (nSPS) is 33.2. The second-order valence-electron chi connectivity index (χ2n) is 14.8. The number of carbonyl (C=O) groups excluding carboxylic acids is 2. The Morgan fingerprint density at radius 3 is 1.49 bits per heavy atom. The van der Waals surface area contributed by atoms with Crippen molar-refractivity contribution in [3.63, 3.8) is 0 Å². The first-order chi connectivity index (χ1) is 25.6. The summed E-state index contributed by atoms with van der Waals surface area (Å²) in [6, 6.07) is 0.269. The molecule has 0 radical (unpaired) electrons. The van der Waals surface area contributed by atoms with Gasteiger partial charge in [-0.25, -0.2) is 25.3 Å². The number of carboxylic acid groups (broad SMARTS) is 2. The Morgan fingerprint density at radius 1 is 0.576 bits per heavy atom. The molecule has 24 nitrogen and oxygen atoms in total. The van der Waals surface area contributed by atoms with Gasteiger partial charge in [0.25, 0.3) is 0 Å². The highest BCUT2D eigenvalue weighted by Crippen LogP contribution is 2.30. The second kappa shape index (κ2) is 28.0. The van der Waals surface area contributed by atoms with Gasteiger partial charge < -0.3 is 74.2 Å². The summed E-state index contributed by atoms with van der Waals surface area (Å²) < 4.78 is 125. The van der Waals surface area contributed by atoms with Gasteiger partial charge in [0, 0.05) is 6.04 Å². The molecule has 0 spiro atoms. The SMILES string of the molecule is CC1CC(COS(=O)(=O)[O-])OC1COS(=O)(=O)[O-].CC1COC(C(=O)[O-])C(C)C1C.CC1COC(C(=O)[O-])CC1C.CNC1COC(COS(=O)(=O)[O-])CC1C.O.O.O. The lowest BCUT2D eigenvalue weighted by Gasteiger charge is -2.38. The zero-order valence-electron chi connectivity index (χ0n) is 34.3. The molecule has 0 aromatic heterocycles. The Hall–Kier alpha value is -1.77. The van der Waals surface area contributed by atoms with E-state index in [4.69, 9.17) is 18.9 Å². The van der Waals surface area contributed by atoms with Gasteiger partial charge in [-0.05, 0) is 67.7 Å². The summed E-state index contributed by atoms with van der Waals surface area (Å²) in [5, 5.41) is 24.1. The van der Waals surface area contributed by atoms with Gasteiger partial charge in [0.2, 0.25) is 31.2 Å². The molecule has 0 aliphatic carbocycles. The summed E-state index contributed by atoms with van der Waals surface area (Å²) in [5.74, 6) is -0.181. The zero-order valence-corrected chi connectivity index (χ0v) is 36.7. The standard InChI is InChI=1S/C9H16O3.C8H17NO5S.C8H14O3.C7H14O9S2.3H2O/c1-5-4-12-8(9(10)11)7(3)6(5)2;1-6-3-7(4-14-15(10,11)12)13-5-8(6)9-2;1-5-3-7(8(9)10)11-4-6(5)2;1-5-2-6(3-14-17(8,9)10)16-7(5)4-15-18(11,12)13;;;/h5-8H,4H2,1-3H3,(H,10,11);6-9H,3-5H2,1-2H3,(H,10,11,12);5-7H,3-4H2,1-2H3,(H,9,10);5-7H,2-4H2,1H3,(H,8,9,10)(H,11,12,13);3*1H2/p-5. The van der Waals surface area contributed by atoms with Gasteiger partial charge in [0.15, 0.2) is 0 Å². The third kappa shape index (κ3) is 25.1. The van der Waals surface area contributed by atoms with Gasteiger partial charge in [0.1, 0.15) is 0 Å². The number of hydrogen-bond acceptors (Lipinski definition) is 21. The topological polar surface area (TPSA) is 423 Å². The maximum Gasteiger partial charge on any atom is 0.217 e. The number of hydrogen-bond donors (Lipinski definition) is 1. The van der Waals surface area contributed by atoms with Gasteiger partial charge >= 0.3 is 0 Å². The van der Waals surface area contributed by atoms with Crippen LogP contribution in [-0.2, 0) is 72.3 Å². The minimum atomic E-state index is -4.80. The van der Waals surface area contributed by atoms with Crippen molar-refractivity contribution in [3.05, 3.63) is 0 Å². The van der Waals surface area contributed by atoms with Crippen LogP contribution in [0.4, 0.5) is 0 Å². The highest BCUT2D eigenvalue weighted by Gasteiger charge is 2.34. The van der Waals surface area contributed by atoms with Crippen molar-refractivity contribution in [3.8, 4) is 0 Å².